The van der Waals surface area contributed by atoms with Gasteiger partial charge in [-0.2, -0.15) is 4.98 Å². The number of nitrogens with zero attached hydrogens (tertiary/aromatic N) is 5. The normalized spacial score (nSPS) is 11.1. The number of hydrogen-bond acceptors (Lipinski definition) is 8. The number of hydrogen-bond donors (Lipinski definition) is 2. The summed E-state index contributed by atoms with van der Waals surface area (Å²) in [6.07, 6.45) is 3.04. The molecule has 0 saturated heterocycles. The summed E-state index contributed by atoms with van der Waals surface area (Å²) in [6.45, 7) is 2.00. The first kappa shape index (κ1) is 22.5. The van der Waals surface area contributed by atoms with E-state index >= 15 is 0 Å². The number of rotatable bonds is 7. The molecule has 2 aromatic heterocycles. The molecular formula is C24H24N6O2. The van der Waals surface area contributed by atoms with Crippen molar-refractivity contribution in [1.29, 1.82) is 0 Å². The topological polar surface area (TPSA) is 104 Å². The molecule has 0 spiro atoms. The molecule has 2 heterocycles. The largest absolute Gasteiger partial charge is 0.373 e. The summed E-state index contributed by atoms with van der Waals surface area (Å²) < 4.78 is 0. The average molecular weight is 428 g/mol. The van der Waals surface area contributed by atoms with Gasteiger partial charge in [0.2, 0.25) is 5.95 Å². The van der Waals surface area contributed by atoms with Gasteiger partial charge in [0, 0.05) is 31.4 Å². The number of aromatic nitrogens is 4. The third-order valence-electron chi connectivity index (χ3n) is 4.57. The van der Waals surface area contributed by atoms with Crippen molar-refractivity contribution < 1.29 is 9.90 Å². The molecule has 32 heavy (non-hydrogen) atoms. The molecular weight excluding hydrogens is 404 g/mol. The van der Waals surface area contributed by atoms with Crippen LogP contribution in [-0.4, -0.2) is 45.1 Å². The Labute approximate surface area is 186 Å². The third-order valence-corrected chi connectivity index (χ3v) is 4.57. The molecule has 8 heteroatoms. The van der Waals surface area contributed by atoms with E-state index in [1.165, 1.54) is 0 Å². The van der Waals surface area contributed by atoms with Gasteiger partial charge in [0.05, 0.1) is 0 Å². The summed E-state index contributed by atoms with van der Waals surface area (Å²) in [4.78, 5) is 27.6. The van der Waals surface area contributed by atoms with Crippen molar-refractivity contribution in [3.05, 3.63) is 90.8 Å². The van der Waals surface area contributed by atoms with E-state index < -0.39 is 6.23 Å². The lowest BCUT2D eigenvalue weighted by molar-refractivity contribution is -0.0979. The van der Waals surface area contributed by atoms with Gasteiger partial charge >= 0.3 is 0 Å². The Morgan fingerprint density at radius 3 is 2.16 bits per heavy atom. The zero-order chi connectivity index (χ0) is 22.8. The number of anilines is 3. The van der Waals surface area contributed by atoms with Crippen molar-refractivity contribution in [2.75, 3.05) is 17.3 Å². The van der Waals surface area contributed by atoms with Crippen molar-refractivity contribution in [3.63, 3.8) is 0 Å². The number of aliphatic hydroxyl groups excluding tert-OH is 1. The first-order valence-corrected chi connectivity index (χ1v) is 9.92. The van der Waals surface area contributed by atoms with Gasteiger partial charge in [-0.05, 0) is 17.7 Å². The molecule has 2 aromatic carbocycles. The molecule has 8 nitrogen and oxygen atoms in total. The van der Waals surface area contributed by atoms with Gasteiger partial charge in [0.1, 0.15) is 24.7 Å². The molecule has 4 rings (SSSR count). The van der Waals surface area contributed by atoms with Crippen LogP contribution in [0.3, 0.4) is 0 Å². The molecule has 0 amide bonds. The Bertz CT molecular complexity index is 1110. The van der Waals surface area contributed by atoms with Gasteiger partial charge in [-0.1, -0.05) is 60.7 Å². The van der Waals surface area contributed by atoms with Crippen LogP contribution in [0.25, 0.3) is 11.4 Å². The average Bonchev–Trinajstić information content (AvgIpc) is 2.86. The summed E-state index contributed by atoms with van der Waals surface area (Å²) in [5.74, 6) is 2.35. The zero-order valence-electron chi connectivity index (χ0n) is 17.7. The first-order valence-electron chi connectivity index (χ1n) is 9.92. The van der Waals surface area contributed by atoms with Gasteiger partial charge in [0.25, 0.3) is 0 Å². The highest BCUT2D eigenvalue weighted by molar-refractivity contribution is 5.61. The van der Waals surface area contributed by atoms with Crippen LogP contribution in [-0.2, 0) is 11.2 Å². The molecule has 0 aliphatic rings. The molecule has 0 radical (unpaired) electrons. The van der Waals surface area contributed by atoms with E-state index in [2.05, 4.69) is 25.3 Å². The molecule has 2 N–H and O–H groups in total. The van der Waals surface area contributed by atoms with E-state index in [-0.39, 0.29) is 0 Å². The summed E-state index contributed by atoms with van der Waals surface area (Å²) in [5, 5.41) is 13.3. The lowest BCUT2D eigenvalue weighted by Gasteiger charge is -2.19. The Balaban J connectivity index is 0.00000141. The Hall–Kier alpha value is -4.17. The highest BCUT2D eigenvalue weighted by Crippen LogP contribution is 2.23. The maximum atomic E-state index is 10.3. The van der Waals surface area contributed by atoms with Crippen molar-refractivity contribution in [1.82, 2.24) is 19.9 Å². The number of aliphatic hydroxyl groups is 1. The second kappa shape index (κ2) is 11.3. The fourth-order valence-corrected chi connectivity index (χ4v) is 3.02. The van der Waals surface area contributed by atoms with E-state index in [1.54, 1.807) is 18.5 Å². The minimum Gasteiger partial charge on any atom is -0.373 e. The predicted octanol–water partition coefficient (Wildman–Crippen LogP) is 3.49. The van der Waals surface area contributed by atoms with Crippen LogP contribution < -0.4 is 10.2 Å². The summed E-state index contributed by atoms with van der Waals surface area (Å²) in [7, 11) is 1.88. The number of benzene rings is 2. The molecule has 0 fully saturated rings. The Morgan fingerprint density at radius 2 is 1.47 bits per heavy atom. The van der Waals surface area contributed by atoms with E-state index in [9.17, 15) is 5.11 Å². The lowest BCUT2D eigenvalue weighted by atomic mass is 10.1. The van der Waals surface area contributed by atoms with Crippen LogP contribution in [0.15, 0.2) is 85.2 Å². The lowest BCUT2D eigenvalue weighted by Crippen LogP contribution is -2.23. The quantitative estimate of drug-likeness (QED) is 0.431. The van der Waals surface area contributed by atoms with Crippen molar-refractivity contribution >= 4 is 24.4 Å². The molecule has 0 unspecified atom stereocenters. The molecule has 0 saturated carbocycles. The van der Waals surface area contributed by atoms with E-state index in [1.807, 2.05) is 85.5 Å². The fraction of sp³-hybridized carbons (Fsp3) is 0.125. The summed E-state index contributed by atoms with van der Waals surface area (Å²) >= 11 is 0. The smallest absolute Gasteiger partial charge is 0.226 e. The Kier molecular flexibility index (Phi) is 7.94. The van der Waals surface area contributed by atoms with E-state index in [4.69, 9.17) is 4.79 Å². The molecule has 4 aromatic rings. The number of carbonyl (C=O) groups is 1. The predicted molar refractivity (Wildman–Crippen MR) is 124 cm³/mol. The van der Waals surface area contributed by atoms with Crippen LogP contribution >= 0.6 is 0 Å². The molecule has 1 atom stereocenters. The minimum atomic E-state index is -0.795. The SMILES string of the molecule is C=O.CN(c1ccnc(N[C@@H](O)Cc2ccccc2)n1)c1ccnc(-c2ccccc2)n1. The monoisotopic (exact) mass is 428 g/mol. The minimum absolute atomic E-state index is 0.347. The highest BCUT2D eigenvalue weighted by atomic mass is 16.3. The van der Waals surface area contributed by atoms with Crippen LogP contribution in [0.1, 0.15) is 5.56 Å². The van der Waals surface area contributed by atoms with Crippen LogP contribution in [0.4, 0.5) is 17.6 Å². The maximum absolute atomic E-state index is 10.3. The molecule has 162 valence electrons. The maximum Gasteiger partial charge on any atom is 0.226 e. The van der Waals surface area contributed by atoms with Crippen molar-refractivity contribution in [2.45, 2.75) is 12.6 Å². The standard InChI is InChI=1S/C23H22N6O.CH2O/c1-29(19-12-14-24-22(26-19)18-10-6-3-7-11-18)20-13-15-25-23(27-20)28-21(30)16-17-8-4-2-5-9-17;1-2/h2-15,21,30H,16H2,1H3,(H,25,27,28);1H2/t21-;/m0./s1. The second-order valence-electron chi connectivity index (χ2n) is 6.75. The first-order chi connectivity index (χ1) is 15.7. The molecule has 0 aliphatic heterocycles. The highest BCUT2D eigenvalue weighted by Gasteiger charge is 2.12. The van der Waals surface area contributed by atoms with Crippen molar-refractivity contribution in [2.24, 2.45) is 0 Å². The van der Waals surface area contributed by atoms with Gasteiger partial charge in [0.15, 0.2) is 5.82 Å². The van der Waals surface area contributed by atoms with Crippen LogP contribution in [0.5, 0.6) is 0 Å². The van der Waals surface area contributed by atoms with Crippen molar-refractivity contribution in [3.8, 4) is 11.4 Å². The van der Waals surface area contributed by atoms with Gasteiger partial charge in [-0.3, -0.25) is 0 Å². The van der Waals surface area contributed by atoms with Gasteiger partial charge in [-0.15, -0.1) is 0 Å². The fourth-order valence-electron chi connectivity index (χ4n) is 3.02. The second-order valence-corrected chi connectivity index (χ2v) is 6.75. The third kappa shape index (κ3) is 5.93. The Morgan fingerprint density at radius 1 is 0.875 bits per heavy atom. The van der Waals surface area contributed by atoms with E-state index in [0.29, 0.717) is 29.8 Å². The summed E-state index contributed by atoms with van der Waals surface area (Å²) in [5.41, 5.74) is 1.97. The van der Waals surface area contributed by atoms with Crippen LogP contribution in [0, 0.1) is 0 Å². The van der Waals surface area contributed by atoms with Gasteiger partial charge < -0.3 is 20.1 Å². The van der Waals surface area contributed by atoms with E-state index in [0.717, 1.165) is 11.1 Å². The number of nitrogens with one attached hydrogen (secondary N) is 1. The summed E-state index contributed by atoms with van der Waals surface area (Å²) in [6, 6.07) is 23.2. The number of carbonyl (C=O) groups excluding carboxylic acids is 1. The van der Waals surface area contributed by atoms with Gasteiger partial charge in [-0.25, -0.2) is 15.0 Å². The zero-order valence-corrected chi connectivity index (χ0v) is 17.7. The molecule has 0 bridgehead atoms. The van der Waals surface area contributed by atoms with Crippen LogP contribution in [0.2, 0.25) is 0 Å². The molecule has 0 aliphatic carbocycles.